The standard InChI is InChI=1S/C25H31N5O2/c1-3-7-20-14-21(28-27-20)17-29(2)24(31)15-23-25(32)26-12-13-30(23)16-19-10-6-9-18-8-4-5-11-22(18)19/h4-6,8-11,14,23H,3,7,12-13,15-17H2,1-2H3,(H,26,32)(H,27,28). The van der Waals surface area contributed by atoms with Gasteiger partial charge in [0.25, 0.3) is 0 Å². The Morgan fingerprint density at radius 2 is 2.03 bits per heavy atom. The summed E-state index contributed by atoms with van der Waals surface area (Å²) in [6.07, 6.45) is 2.10. The number of rotatable bonds is 8. The largest absolute Gasteiger partial charge is 0.353 e. The van der Waals surface area contributed by atoms with Gasteiger partial charge in [0.05, 0.1) is 30.4 Å². The highest BCUT2D eigenvalue weighted by Gasteiger charge is 2.32. The highest BCUT2D eigenvalue weighted by molar-refractivity contribution is 5.89. The van der Waals surface area contributed by atoms with E-state index < -0.39 is 6.04 Å². The molecular weight excluding hydrogens is 402 g/mol. The molecule has 2 aromatic carbocycles. The molecule has 0 saturated carbocycles. The lowest BCUT2D eigenvalue weighted by molar-refractivity contribution is -0.138. The number of aromatic nitrogens is 2. The first-order valence-electron chi connectivity index (χ1n) is 11.3. The average molecular weight is 434 g/mol. The van der Waals surface area contributed by atoms with Gasteiger partial charge in [0, 0.05) is 26.7 Å². The summed E-state index contributed by atoms with van der Waals surface area (Å²) in [6.45, 7) is 4.52. The number of carbonyl (C=O) groups is 2. The van der Waals surface area contributed by atoms with Gasteiger partial charge in [-0.15, -0.1) is 0 Å². The summed E-state index contributed by atoms with van der Waals surface area (Å²) in [5.41, 5.74) is 3.09. The monoisotopic (exact) mass is 433 g/mol. The van der Waals surface area contributed by atoms with Crippen LogP contribution >= 0.6 is 0 Å². The van der Waals surface area contributed by atoms with Crippen molar-refractivity contribution in [1.29, 1.82) is 0 Å². The van der Waals surface area contributed by atoms with Crippen LogP contribution in [0.1, 0.15) is 36.7 Å². The molecule has 1 aromatic heterocycles. The maximum absolute atomic E-state index is 13.0. The first kappa shape index (κ1) is 22.0. The Labute approximate surface area is 188 Å². The highest BCUT2D eigenvalue weighted by Crippen LogP contribution is 2.22. The molecule has 3 aromatic rings. The number of aromatic amines is 1. The fraction of sp³-hybridized carbons (Fsp3) is 0.400. The summed E-state index contributed by atoms with van der Waals surface area (Å²) in [7, 11) is 1.78. The van der Waals surface area contributed by atoms with E-state index in [0.29, 0.717) is 19.6 Å². The van der Waals surface area contributed by atoms with E-state index >= 15 is 0 Å². The molecule has 0 aliphatic carbocycles. The highest BCUT2D eigenvalue weighted by atomic mass is 16.2. The summed E-state index contributed by atoms with van der Waals surface area (Å²) in [6, 6.07) is 16.0. The lowest BCUT2D eigenvalue weighted by Crippen LogP contribution is -2.56. The second kappa shape index (κ2) is 9.96. The van der Waals surface area contributed by atoms with Crippen LogP contribution in [0, 0.1) is 0 Å². The fourth-order valence-electron chi connectivity index (χ4n) is 4.36. The third-order valence-corrected chi connectivity index (χ3v) is 6.09. The minimum absolute atomic E-state index is 0.0541. The molecule has 1 saturated heterocycles. The van der Waals surface area contributed by atoms with E-state index in [4.69, 9.17) is 0 Å². The van der Waals surface area contributed by atoms with Crippen LogP contribution < -0.4 is 5.32 Å². The van der Waals surface area contributed by atoms with Crippen molar-refractivity contribution in [1.82, 2.24) is 25.3 Å². The van der Waals surface area contributed by atoms with E-state index in [2.05, 4.69) is 51.6 Å². The lowest BCUT2D eigenvalue weighted by Gasteiger charge is -2.35. The maximum atomic E-state index is 13.0. The van der Waals surface area contributed by atoms with Crippen LogP contribution in [0.15, 0.2) is 48.5 Å². The zero-order valence-electron chi connectivity index (χ0n) is 18.8. The molecular formula is C25H31N5O2. The van der Waals surface area contributed by atoms with Crippen molar-refractivity contribution < 1.29 is 9.59 Å². The molecule has 7 nitrogen and oxygen atoms in total. The molecule has 168 valence electrons. The van der Waals surface area contributed by atoms with Crippen LogP contribution in [0.5, 0.6) is 0 Å². The van der Waals surface area contributed by atoms with Crippen LogP contribution in [0.3, 0.4) is 0 Å². The zero-order valence-corrected chi connectivity index (χ0v) is 18.8. The number of piperazine rings is 1. The van der Waals surface area contributed by atoms with Crippen LogP contribution in [0.25, 0.3) is 10.8 Å². The number of H-pyrrole nitrogens is 1. The molecule has 1 aliphatic heterocycles. The molecule has 1 fully saturated rings. The van der Waals surface area contributed by atoms with Gasteiger partial charge in [0.15, 0.2) is 0 Å². The molecule has 4 rings (SSSR count). The number of fused-ring (bicyclic) bond motifs is 1. The van der Waals surface area contributed by atoms with Crippen LogP contribution in [-0.4, -0.2) is 58.0 Å². The van der Waals surface area contributed by atoms with Crippen LogP contribution in [0.2, 0.25) is 0 Å². The van der Waals surface area contributed by atoms with Crippen molar-refractivity contribution in [3.63, 3.8) is 0 Å². The van der Waals surface area contributed by atoms with Gasteiger partial charge in [-0.05, 0) is 28.8 Å². The molecule has 7 heteroatoms. The smallest absolute Gasteiger partial charge is 0.237 e. The number of aryl methyl sites for hydroxylation is 1. The van der Waals surface area contributed by atoms with Gasteiger partial charge in [-0.1, -0.05) is 55.8 Å². The average Bonchev–Trinajstić information content (AvgIpc) is 3.23. The Kier molecular flexibility index (Phi) is 6.85. The van der Waals surface area contributed by atoms with E-state index in [-0.39, 0.29) is 18.2 Å². The topological polar surface area (TPSA) is 81.3 Å². The number of benzene rings is 2. The van der Waals surface area contributed by atoms with E-state index in [0.717, 1.165) is 30.8 Å². The lowest BCUT2D eigenvalue weighted by atomic mass is 10.0. The second-order valence-corrected chi connectivity index (χ2v) is 8.50. The minimum atomic E-state index is -0.477. The number of hydrogen-bond acceptors (Lipinski definition) is 4. The Hall–Kier alpha value is -3.19. The van der Waals surface area contributed by atoms with Crippen molar-refractivity contribution in [2.45, 2.75) is 45.3 Å². The van der Waals surface area contributed by atoms with E-state index in [1.54, 1.807) is 11.9 Å². The normalized spacial score (nSPS) is 16.8. The van der Waals surface area contributed by atoms with Gasteiger partial charge in [-0.3, -0.25) is 19.6 Å². The molecule has 0 bridgehead atoms. The molecule has 2 amide bonds. The number of hydrogen-bond donors (Lipinski definition) is 2. The Morgan fingerprint density at radius 3 is 2.88 bits per heavy atom. The summed E-state index contributed by atoms with van der Waals surface area (Å²) in [4.78, 5) is 29.5. The first-order valence-corrected chi connectivity index (χ1v) is 11.3. The quantitative estimate of drug-likeness (QED) is 0.572. The zero-order chi connectivity index (χ0) is 22.5. The molecule has 1 atom stereocenters. The minimum Gasteiger partial charge on any atom is -0.353 e. The Morgan fingerprint density at radius 1 is 1.22 bits per heavy atom. The number of carbonyl (C=O) groups excluding carboxylic acids is 2. The van der Waals surface area contributed by atoms with Crippen LogP contribution in [-0.2, 0) is 29.1 Å². The summed E-state index contributed by atoms with van der Waals surface area (Å²) in [5, 5.41) is 12.6. The van der Waals surface area contributed by atoms with Gasteiger partial charge in [0.1, 0.15) is 0 Å². The summed E-state index contributed by atoms with van der Waals surface area (Å²) in [5.74, 6) is -0.133. The molecule has 1 unspecified atom stereocenters. The predicted molar refractivity (Wildman–Crippen MR) is 125 cm³/mol. The number of amides is 2. The van der Waals surface area contributed by atoms with Crippen molar-refractivity contribution in [2.24, 2.45) is 0 Å². The van der Waals surface area contributed by atoms with Gasteiger partial charge in [-0.2, -0.15) is 5.10 Å². The SMILES string of the molecule is CCCc1cc(CN(C)C(=O)CC2C(=O)NCCN2Cc2cccc3ccccc23)[nH]n1. The van der Waals surface area contributed by atoms with E-state index in [9.17, 15) is 9.59 Å². The second-order valence-electron chi connectivity index (χ2n) is 8.50. The first-order chi connectivity index (χ1) is 15.5. The number of nitrogens with zero attached hydrogens (tertiary/aromatic N) is 3. The summed E-state index contributed by atoms with van der Waals surface area (Å²) >= 11 is 0. The van der Waals surface area contributed by atoms with Gasteiger partial charge < -0.3 is 10.2 Å². The van der Waals surface area contributed by atoms with E-state index in [1.807, 2.05) is 24.3 Å². The van der Waals surface area contributed by atoms with Crippen molar-refractivity contribution in [2.75, 3.05) is 20.1 Å². The molecule has 2 heterocycles. The fourth-order valence-corrected chi connectivity index (χ4v) is 4.36. The van der Waals surface area contributed by atoms with Gasteiger partial charge in [-0.25, -0.2) is 0 Å². The molecule has 0 spiro atoms. The van der Waals surface area contributed by atoms with Gasteiger partial charge >= 0.3 is 0 Å². The van der Waals surface area contributed by atoms with E-state index in [1.165, 1.54) is 16.3 Å². The maximum Gasteiger partial charge on any atom is 0.237 e. The van der Waals surface area contributed by atoms with Crippen molar-refractivity contribution in [3.05, 3.63) is 65.5 Å². The Bertz CT molecular complexity index is 1090. The van der Waals surface area contributed by atoms with Gasteiger partial charge in [0.2, 0.25) is 11.8 Å². The molecule has 2 N–H and O–H groups in total. The summed E-state index contributed by atoms with van der Waals surface area (Å²) < 4.78 is 0. The molecule has 1 aliphatic rings. The Balaban J connectivity index is 1.45. The van der Waals surface area contributed by atoms with Crippen molar-refractivity contribution in [3.8, 4) is 0 Å². The third kappa shape index (κ3) is 4.99. The number of nitrogens with one attached hydrogen (secondary N) is 2. The molecule has 32 heavy (non-hydrogen) atoms. The van der Waals surface area contributed by atoms with Crippen LogP contribution in [0.4, 0.5) is 0 Å². The molecule has 0 radical (unpaired) electrons. The predicted octanol–water partition coefficient (Wildman–Crippen LogP) is 2.86. The van der Waals surface area contributed by atoms with Crippen molar-refractivity contribution >= 4 is 22.6 Å². The third-order valence-electron chi connectivity index (χ3n) is 6.09.